The molecule has 0 aromatic rings. The van der Waals surface area contributed by atoms with Crippen LogP contribution in [-0.4, -0.2) is 17.7 Å². The highest BCUT2D eigenvalue weighted by Gasteiger charge is 2.12. The lowest BCUT2D eigenvalue weighted by atomic mass is 10.5. The van der Waals surface area contributed by atoms with Gasteiger partial charge in [0, 0.05) is 0 Å². The van der Waals surface area contributed by atoms with Crippen LogP contribution in [0.3, 0.4) is 0 Å². The van der Waals surface area contributed by atoms with E-state index in [1.54, 1.807) is 6.92 Å². The van der Waals surface area contributed by atoms with Crippen LogP contribution in [0.5, 0.6) is 0 Å². The summed E-state index contributed by atoms with van der Waals surface area (Å²) < 4.78 is 4.33. The minimum Gasteiger partial charge on any atom is -0.497 e. The lowest BCUT2D eigenvalue weighted by molar-refractivity contribution is -0.141. The molecule has 5 nitrogen and oxygen atoms in total. The topological polar surface area (TPSA) is 74.7 Å². The van der Waals surface area contributed by atoms with Gasteiger partial charge < -0.3 is 9.84 Å². The lowest BCUT2D eigenvalue weighted by Gasteiger charge is -1.94. The van der Waals surface area contributed by atoms with Crippen molar-refractivity contribution in [2.24, 2.45) is 0 Å². The Morgan fingerprint density at radius 3 is 2.90 bits per heavy atom. The normalized spacial score (nSPS) is 10.2. The van der Waals surface area contributed by atoms with Crippen molar-refractivity contribution in [3.8, 4) is 0 Å². The summed E-state index contributed by atoms with van der Waals surface area (Å²) in [6.07, 6.45) is 0.595. The number of aliphatic hydroxyl groups excluding tert-OH is 1. The van der Waals surface area contributed by atoms with Gasteiger partial charge in [-0.3, -0.25) is 0 Å². The van der Waals surface area contributed by atoms with Crippen LogP contribution in [0.4, 0.5) is 0 Å². The molecule has 0 unspecified atom stereocenters. The summed E-state index contributed by atoms with van der Waals surface area (Å²) in [4.78, 5) is 12.8. The maximum atomic E-state index is 10.4. The van der Waals surface area contributed by atoms with Gasteiger partial charge in [-0.05, 0) is 6.92 Å². The van der Waals surface area contributed by atoms with Crippen molar-refractivity contribution in [3.63, 3.8) is 0 Å². The first-order valence-corrected chi connectivity index (χ1v) is 2.62. The van der Waals surface area contributed by atoms with E-state index in [1.807, 2.05) is 0 Å². The number of hydrogen-bond donors (Lipinski definition) is 1. The maximum Gasteiger partial charge on any atom is 0.399 e. The Balaban J connectivity index is 3.98. The molecule has 0 aliphatic carbocycles. The molecule has 0 heterocycles. The van der Waals surface area contributed by atoms with Gasteiger partial charge in [-0.15, -0.1) is 0 Å². The monoisotopic (exact) mass is 143 g/mol. The third-order valence-corrected chi connectivity index (χ3v) is 0.665. The predicted molar refractivity (Wildman–Crippen MR) is 32.4 cm³/mol. The molecule has 10 heavy (non-hydrogen) atoms. The zero-order valence-corrected chi connectivity index (χ0v) is 5.44. The summed E-state index contributed by atoms with van der Waals surface area (Å²) in [5.74, 6) is -1.62. The van der Waals surface area contributed by atoms with Gasteiger partial charge in [-0.2, -0.15) is 0 Å². The van der Waals surface area contributed by atoms with E-state index in [0.717, 1.165) is 0 Å². The van der Waals surface area contributed by atoms with Crippen molar-refractivity contribution in [1.82, 2.24) is 0 Å². The number of ether oxygens (including phenoxy) is 1. The van der Waals surface area contributed by atoms with Crippen LogP contribution in [0.1, 0.15) is 6.92 Å². The molecule has 5 heteroatoms. The summed E-state index contributed by atoms with van der Waals surface area (Å²) in [7, 11) is 0. The fraction of sp³-hybridized carbons (Fsp3) is 0.400. The Morgan fingerprint density at radius 2 is 2.50 bits per heavy atom. The standard InChI is InChI=1S/C5H6N2O3/c1-2-10-5(9)4(8)3-7-6/h3H,2H2,1H3/p+1/b4-3-. The molecule has 0 fully saturated rings. The Labute approximate surface area is 57.5 Å². The second kappa shape index (κ2) is 4.32. The van der Waals surface area contributed by atoms with Crippen LogP contribution < -0.4 is 0 Å². The summed E-state index contributed by atoms with van der Waals surface area (Å²) in [5.41, 5.74) is 0. The van der Waals surface area contributed by atoms with Gasteiger partial charge in [-0.25, -0.2) is 4.79 Å². The fourth-order valence-corrected chi connectivity index (χ4v) is 0.312. The van der Waals surface area contributed by atoms with Crippen molar-refractivity contribution in [2.45, 2.75) is 6.92 Å². The van der Waals surface area contributed by atoms with E-state index < -0.39 is 11.7 Å². The molecule has 0 atom stereocenters. The van der Waals surface area contributed by atoms with Crippen molar-refractivity contribution < 1.29 is 14.6 Å². The number of carbonyl (C=O) groups excluding carboxylic acids is 1. The summed E-state index contributed by atoms with van der Waals surface area (Å²) in [5, 5.41) is 16.4. The van der Waals surface area contributed by atoms with Crippen LogP contribution in [0.25, 0.3) is 4.98 Å². The molecular weight excluding hydrogens is 136 g/mol. The lowest BCUT2D eigenvalue weighted by Crippen LogP contribution is -2.06. The SMILES string of the molecule is CCOC(=O)/C(O)=C/[N+]#N. The quantitative estimate of drug-likeness (QED) is 0.268. The van der Waals surface area contributed by atoms with Crippen LogP contribution >= 0.6 is 0 Å². The molecule has 0 aliphatic rings. The van der Waals surface area contributed by atoms with E-state index in [9.17, 15) is 4.79 Å². The molecule has 0 aromatic heterocycles. The van der Waals surface area contributed by atoms with Crippen molar-refractivity contribution in [3.05, 3.63) is 16.9 Å². The van der Waals surface area contributed by atoms with E-state index in [-0.39, 0.29) is 6.61 Å². The molecule has 0 aliphatic heterocycles. The zero-order valence-electron chi connectivity index (χ0n) is 5.44. The second-order valence-electron chi connectivity index (χ2n) is 1.35. The molecule has 0 saturated carbocycles. The van der Waals surface area contributed by atoms with E-state index in [2.05, 4.69) is 9.71 Å². The Morgan fingerprint density at radius 1 is 1.90 bits per heavy atom. The van der Waals surface area contributed by atoms with Gasteiger partial charge in [0.15, 0.2) is 4.98 Å². The average molecular weight is 143 g/mol. The largest absolute Gasteiger partial charge is 0.497 e. The zero-order chi connectivity index (χ0) is 7.98. The van der Waals surface area contributed by atoms with Crippen LogP contribution in [-0.2, 0) is 9.53 Å². The first-order valence-electron chi connectivity index (χ1n) is 2.62. The van der Waals surface area contributed by atoms with Crippen molar-refractivity contribution in [1.29, 1.82) is 5.39 Å². The van der Waals surface area contributed by atoms with Gasteiger partial charge in [0.1, 0.15) is 0 Å². The molecule has 0 rings (SSSR count). The fourth-order valence-electron chi connectivity index (χ4n) is 0.312. The van der Waals surface area contributed by atoms with E-state index in [0.29, 0.717) is 6.20 Å². The molecule has 0 amide bonds. The molecule has 0 saturated heterocycles. The maximum absolute atomic E-state index is 10.4. The summed E-state index contributed by atoms with van der Waals surface area (Å²) in [6, 6.07) is 0. The van der Waals surface area contributed by atoms with Crippen molar-refractivity contribution >= 4 is 5.97 Å². The smallest absolute Gasteiger partial charge is 0.399 e. The molecule has 0 spiro atoms. The summed E-state index contributed by atoms with van der Waals surface area (Å²) >= 11 is 0. The second-order valence-corrected chi connectivity index (χ2v) is 1.35. The first-order chi connectivity index (χ1) is 4.72. The average Bonchev–Trinajstić information content (AvgIpc) is 1.89. The number of aliphatic hydroxyl groups is 1. The van der Waals surface area contributed by atoms with Gasteiger partial charge in [0.05, 0.1) is 6.61 Å². The van der Waals surface area contributed by atoms with Gasteiger partial charge in [-0.1, -0.05) is 0 Å². The molecule has 0 bridgehead atoms. The van der Waals surface area contributed by atoms with Gasteiger partial charge in [0.25, 0.3) is 5.76 Å². The molecular formula is C5H7N2O3+. The minimum atomic E-state index is -0.903. The van der Waals surface area contributed by atoms with E-state index >= 15 is 0 Å². The molecule has 0 radical (unpaired) electrons. The van der Waals surface area contributed by atoms with Gasteiger partial charge in [0.2, 0.25) is 5.39 Å². The third-order valence-electron chi connectivity index (χ3n) is 0.665. The third kappa shape index (κ3) is 2.67. The number of esters is 1. The van der Waals surface area contributed by atoms with Crippen LogP contribution in [0.2, 0.25) is 0 Å². The molecule has 1 N–H and O–H groups in total. The van der Waals surface area contributed by atoms with Gasteiger partial charge >= 0.3 is 12.2 Å². The molecule has 0 aromatic carbocycles. The van der Waals surface area contributed by atoms with Crippen molar-refractivity contribution in [2.75, 3.05) is 6.61 Å². The highest BCUT2D eigenvalue weighted by molar-refractivity contribution is 5.85. The highest BCUT2D eigenvalue weighted by Crippen LogP contribution is 1.92. The van der Waals surface area contributed by atoms with Crippen LogP contribution in [0, 0.1) is 5.39 Å². The number of nitrogens with zero attached hydrogens (tertiary/aromatic N) is 2. The minimum absolute atomic E-state index is 0.169. The number of carbonyl (C=O) groups is 1. The molecule has 54 valence electrons. The first kappa shape index (κ1) is 8.43. The number of hydrogen-bond acceptors (Lipinski definition) is 4. The Kier molecular flexibility index (Phi) is 3.64. The van der Waals surface area contributed by atoms with E-state index in [4.69, 9.17) is 10.5 Å². The Bertz CT molecular complexity index is 192. The van der Waals surface area contributed by atoms with E-state index in [1.165, 1.54) is 0 Å². The predicted octanol–water partition coefficient (Wildman–Crippen LogP) is 0.802. The highest BCUT2D eigenvalue weighted by atomic mass is 16.5. The van der Waals surface area contributed by atoms with Crippen LogP contribution in [0.15, 0.2) is 12.0 Å². The number of rotatable bonds is 2. The summed E-state index contributed by atoms with van der Waals surface area (Å²) in [6.45, 7) is 1.77. The Hall–Kier alpha value is -1.57. The number of diazo groups is 1.